The van der Waals surface area contributed by atoms with Crippen LogP contribution in [0.25, 0.3) is 0 Å². The fraction of sp³-hybridized carbons (Fsp3) is 0.0714. The normalized spacial score (nSPS) is 10.1. The van der Waals surface area contributed by atoms with Gasteiger partial charge >= 0.3 is 5.97 Å². The van der Waals surface area contributed by atoms with Crippen LogP contribution in [-0.4, -0.2) is 16.0 Å². The molecular formula is C14H11BrN2O4. The molecule has 21 heavy (non-hydrogen) atoms. The predicted molar refractivity (Wildman–Crippen MR) is 81.5 cm³/mol. The summed E-state index contributed by atoms with van der Waals surface area (Å²) < 4.78 is 0.733. The van der Waals surface area contributed by atoms with E-state index < -0.39 is 10.9 Å². The van der Waals surface area contributed by atoms with Crippen LogP contribution in [0.2, 0.25) is 0 Å². The van der Waals surface area contributed by atoms with Crippen LogP contribution < -0.4 is 5.32 Å². The van der Waals surface area contributed by atoms with E-state index in [0.29, 0.717) is 12.2 Å². The first-order chi connectivity index (χ1) is 9.97. The van der Waals surface area contributed by atoms with Crippen molar-refractivity contribution in [1.82, 2.24) is 0 Å². The SMILES string of the molecule is O=C(O)c1ccc(CNc2cc(Br)ccc2[N+](=O)[O-])cc1. The molecule has 0 fully saturated rings. The van der Waals surface area contributed by atoms with Crippen LogP contribution in [0.1, 0.15) is 15.9 Å². The smallest absolute Gasteiger partial charge is 0.335 e. The maximum absolute atomic E-state index is 10.9. The van der Waals surface area contributed by atoms with Gasteiger partial charge in [-0.1, -0.05) is 28.1 Å². The molecule has 0 radical (unpaired) electrons. The summed E-state index contributed by atoms with van der Waals surface area (Å²) in [6.45, 7) is 0.358. The molecule has 2 aromatic rings. The van der Waals surface area contributed by atoms with Gasteiger partial charge in [0.2, 0.25) is 0 Å². The molecule has 0 aromatic heterocycles. The highest BCUT2D eigenvalue weighted by molar-refractivity contribution is 9.10. The highest BCUT2D eigenvalue weighted by Crippen LogP contribution is 2.28. The molecule has 0 heterocycles. The monoisotopic (exact) mass is 350 g/mol. The fourth-order valence-electron chi connectivity index (χ4n) is 1.77. The van der Waals surface area contributed by atoms with Crippen molar-refractivity contribution in [3.63, 3.8) is 0 Å². The van der Waals surface area contributed by atoms with Crippen molar-refractivity contribution < 1.29 is 14.8 Å². The molecule has 6 nitrogen and oxygen atoms in total. The Balaban J connectivity index is 2.14. The molecule has 0 spiro atoms. The van der Waals surface area contributed by atoms with Crippen molar-refractivity contribution in [3.8, 4) is 0 Å². The number of benzene rings is 2. The third-order valence-electron chi connectivity index (χ3n) is 2.84. The average molecular weight is 351 g/mol. The van der Waals surface area contributed by atoms with E-state index in [2.05, 4.69) is 21.2 Å². The van der Waals surface area contributed by atoms with E-state index in [0.717, 1.165) is 10.0 Å². The van der Waals surface area contributed by atoms with Crippen molar-refractivity contribution in [2.75, 3.05) is 5.32 Å². The molecule has 0 aliphatic carbocycles. The summed E-state index contributed by atoms with van der Waals surface area (Å²) in [6.07, 6.45) is 0. The van der Waals surface area contributed by atoms with Crippen LogP contribution in [0.3, 0.4) is 0 Å². The number of anilines is 1. The number of nitro groups is 1. The Morgan fingerprint density at radius 1 is 1.24 bits per heavy atom. The lowest BCUT2D eigenvalue weighted by Gasteiger charge is -2.08. The minimum atomic E-state index is -0.989. The highest BCUT2D eigenvalue weighted by atomic mass is 79.9. The molecule has 0 bridgehead atoms. The first-order valence-electron chi connectivity index (χ1n) is 5.97. The number of nitrogens with zero attached hydrogens (tertiary/aromatic N) is 1. The molecule has 0 unspecified atom stereocenters. The number of carboxylic acid groups (broad SMARTS) is 1. The maximum atomic E-state index is 10.9. The van der Waals surface area contributed by atoms with Gasteiger partial charge in [0.25, 0.3) is 5.69 Å². The predicted octanol–water partition coefficient (Wildman–Crippen LogP) is 3.67. The van der Waals surface area contributed by atoms with Gasteiger partial charge in [0.05, 0.1) is 10.5 Å². The van der Waals surface area contributed by atoms with Crippen molar-refractivity contribution in [3.05, 3.63) is 68.2 Å². The number of aromatic carboxylic acids is 1. The highest BCUT2D eigenvalue weighted by Gasteiger charge is 2.13. The van der Waals surface area contributed by atoms with Crippen LogP contribution in [-0.2, 0) is 6.54 Å². The van der Waals surface area contributed by atoms with E-state index in [1.165, 1.54) is 18.2 Å². The summed E-state index contributed by atoms with van der Waals surface area (Å²) in [7, 11) is 0. The minimum Gasteiger partial charge on any atom is -0.478 e. The van der Waals surface area contributed by atoms with Gasteiger partial charge < -0.3 is 10.4 Å². The molecule has 0 saturated carbocycles. The fourth-order valence-corrected chi connectivity index (χ4v) is 2.13. The number of carboxylic acids is 1. The van der Waals surface area contributed by atoms with Crippen LogP contribution in [0.4, 0.5) is 11.4 Å². The summed E-state index contributed by atoms with van der Waals surface area (Å²) in [5.41, 5.74) is 1.42. The Morgan fingerprint density at radius 3 is 2.48 bits per heavy atom. The molecule has 108 valence electrons. The molecule has 0 aliphatic heterocycles. The lowest BCUT2D eigenvalue weighted by Crippen LogP contribution is -2.03. The first-order valence-corrected chi connectivity index (χ1v) is 6.76. The van der Waals surface area contributed by atoms with Gasteiger partial charge in [-0.2, -0.15) is 0 Å². The van der Waals surface area contributed by atoms with Crippen LogP contribution in [0, 0.1) is 10.1 Å². The second-order valence-corrected chi connectivity index (χ2v) is 5.19. The van der Waals surface area contributed by atoms with Crippen LogP contribution >= 0.6 is 15.9 Å². The summed E-state index contributed by atoms with van der Waals surface area (Å²) in [4.78, 5) is 21.2. The van der Waals surface area contributed by atoms with E-state index >= 15 is 0 Å². The van der Waals surface area contributed by atoms with Crippen LogP contribution in [0.5, 0.6) is 0 Å². The number of hydrogen-bond acceptors (Lipinski definition) is 4. The molecule has 0 amide bonds. The molecule has 2 N–H and O–H groups in total. The zero-order valence-electron chi connectivity index (χ0n) is 10.7. The third kappa shape index (κ3) is 3.79. The minimum absolute atomic E-state index is 0.0136. The maximum Gasteiger partial charge on any atom is 0.335 e. The van der Waals surface area contributed by atoms with Gasteiger partial charge in [0.15, 0.2) is 0 Å². The summed E-state index contributed by atoms with van der Waals surface area (Å²) in [5.74, 6) is -0.989. The summed E-state index contributed by atoms with van der Waals surface area (Å²) in [5, 5.41) is 22.7. The van der Waals surface area contributed by atoms with Gasteiger partial charge in [-0.05, 0) is 29.8 Å². The largest absolute Gasteiger partial charge is 0.478 e. The van der Waals surface area contributed by atoms with Gasteiger partial charge in [0.1, 0.15) is 5.69 Å². The summed E-state index contributed by atoms with van der Waals surface area (Å²) in [6, 6.07) is 11.0. The number of hydrogen-bond donors (Lipinski definition) is 2. The standard InChI is InChI=1S/C14H11BrN2O4/c15-11-5-6-13(17(20)21)12(7-11)16-8-9-1-3-10(4-2-9)14(18)19/h1-7,16H,8H2,(H,18,19). The first kappa shape index (κ1) is 15.0. The summed E-state index contributed by atoms with van der Waals surface area (Å²) >= 11 is 3.27. The third-order valence-corrected chi connectivity index (χ3v) is 3.33. The van der Waals surface area contributed by atoms with E-state index in [-0.39, 0.29) is 11.3 Å². The lowest BCUT2D eigenvalue weighted by atomic mass is 10.1. The number of nitrogens with one attached hydrogen (secondary N) is 1. The molecular weight excluding hydrogens is 340 g/mol. The second-order valence-electron chi connectivity index (χ2n) is 4.27. The van der Waals surface area contributed by atoms with Crippen molar-refractivity contribution in [2.24, 2.45) is 0 Å². The molecule has 7 heteroatoms. The Labute approximate surface area is 128 Å². The van der Waals surface area contributed by atoms with Crippen LogP contribution in [0.15, 0.2) is 46.9 Å². The Hall–Kier alpha value is -2.41. The molecule has 2 rings (SSSR count). The number of halogens is 1. The van der Waals surface area contributed by atoms with Gasteiger partial charge in [0, 0.05) is 17.1 Å². The molecule has 0 atom stereocenters. The number of rotatable bonds is 5. The number of carbonyl (C=O) groups is 1. The lowest BCUT2D eigenvalue weighted by molar-refractivity contribution is -0.384. The Morgan fingerprint density at radius 2 is 1.90 bits per heavy atom. The van der Waals surface area contributed by atoms with Crippen molar-refractivity contribution in [2.45, 2.75) is 6.54 Å². The molecule has 0 aliphatic rings. The molecule has 0 saturated heterocycles. The Bertz CT molecular complexity index is 686. The Kier molecular flexibility index (Phi) is 4.54. The average Bonchev–Trinajstić information content (AvgIpc) is 2.45. The second kappa shape index (κ2) is 6.36. The zero-order valence-corrected chi connectivity index (χ0v) is 12.3. The van der Waals surface area contributed by atoms with Gasteiger partial charge in [-0.25, -0.2) is 4.79 Å². The van der Waals surface area contributed by atoms with E-state index in [1.807, 2.05) is 0 Å². The quantitative estimate of drug-likeness (QED) is 0.633. The zero-order chi connectivity index (χ0) is 15.4. The van der Waals surface area contributed by atoms with Gasteiger partial charge in [-0.15, -0.1) is 0 Å². The van der Waals surface area contributed by atoms with E-state index in [1.54, 1.807) is 24.3 Å². The molecule has 2 aromatic carbocycles. The topological polar surface area (TPSA) is 92.5 Å². The van der Waals surface area contributed by atoms with Gasteiger partial charge in [-0.3, -0.25) is 10.1 Å². The number of nitro benzene ring substituents is 1. The van der Waals surface area contributed by atoms with E-state index in [4.69, 9.17) is 5.11 Å². The van der Waals surface area contributed by atoms with Crippen molar-refractivity contribution >= 4 is 33.3 Å². The van der Waals surface area contributed by atoms with E-state index in [9.17, 15) is 14.9 Å². The van der Waals surface area contributed by atoms with Crippen molar-refractivity contribution in [1.29, 1.82) is 0 Å².